The summed E-state index contributed by atoms with van der Waals surface area (Å²) in [5.41, 5.74) is 3.30. The van der Waals surface area contributed by atoms with Gasteiger partial charge in [0.05, 0.1) is 0 Å². The van der Waals surface area contributed by atoms with E-state index in [9.17, 15) is 9.59 Å². The number of anilines is 1. The second-order valence-electron chi connectivity index (χ2n) is 5.37. The third kappa shape index (κ3) is 3.95. The van der Waals surface area contributed by atoms with Gasteiger partial charge >= 0.3 is 0 Å². The molecule has 4 heteroatoms. The molecule has 1 atom stereocenters. The summed E-state index contributed by atoms with van der Waals surface area (Å²) in [7, 11) is 0. The first-order valence-electron chi connectivity index (χ1n) is 7.21. The Kier molecular flexibility index (Phi) is 4.94. The lowest BCUT2D eigenvalue weighted by atomic mass is 10.1. The van der Waals surface area contributed by atoms with Crippen molar-refractivity contribution >= 4 is 17.5 Å². The molecule has 0 bridgehead atoms. The predicted molar refractivity (Wildman–Crippen MR) is 87.9 cm³/mol. The fourth-order valence-electron chi connectivity index (χ4n) is 2.06. The Labute approximate surface area is 130 Å². The highest BCUT2D eigenvalue weighted by Gasteiger charge is 2.17. The van der Waals surface area contributed by atoms with Crippen LogP contribution in [0.15, 0.2) is 48.5 Å². The van der Waals surface area contributed by atoms with Crippen molar-refractivity contribution in [2.75, 3.05) is 5.32 Å². The predicted octanol–water partition coefficient (Wildman–Crippen LogP) is 3.06. The maximum atomic E-state index is 12.2. The van der Waals surface area contributed by atoms with E-state index >= 15 is 0 Å². The van der Waals surface area contributed by atoms with Crippen LogP contribution in [-0.2, 0) is 4.79 Å². The first-order chi connectivity index (χ1) is 10.5. The number of hydrogen-bond donors (Lipinski definition) is 2. The van der Waals surface area contributed by atoms with E-state index in [1.165, 1.54) is 0 Å². The van der Waals surface area contributed by atoms with Gasteiger partial charge in [-0.1, -0.05) is 35.9 Å². The van der Waals surface area contributed by atoms with Crippen LogP contribution in [0.3, 0.4) is 0 Å². The lowest BCUT2D eigenvalue weighted by molar-refractivity contribution is -0.117. The summed E-state index contributed by atoms with van der Waals surface area (Å²) < 4.78 is 0. The molecule has 0 aromatic heterocycles. The van der Waals surface area contributed by atoms with E-state index in [4.69, 9.17) is 0 Å². The molecule has 0 saturated heterocycles. The number of aryl methyl sites for hydroxylation is 2. The molecule has 22 heavy (non-hydrogen) atoms. The summed E-state index contributed by atoms with van der Waals surface area (Å²) in [5.74, 6) is -0.490. The van der Waals surface area contributed by atoms with Gasteiger partial charge in [-0.15, -0.1) is 0 Å². The highest BCUT2D eigenvalue weighted by Crippen LogP contribution is 2.10. The largest absolute Gasteiger partial charge is 0.341 e. The smallest absolute Gasteiger partial charge is 0.252 e. The standard InChI is InChI=1S/C18H20N2O2/c1-12-8-10-15(11-9-12)20-17(21)14(3)19-18(22)16-7-5-4-6-13(16)2/h4-11,14H,1-3H3,(H,19,22)(H,20,21)/t14-/m1/s1. The van der Waals surface area contributed by atoms with Crippen molar-refractivity contribution < 1.29 is 9.59 Å². The molecule has 2 aromatic carbocycles. The highest BCUT2D eigenvalue weighted by molar-refractivity contribution is 6.01. The lowest BCUT2D eigenvalue weighted by Gasteiger charge is -2.15. The van der Waals surface area contributed by atoms with Gasteiger partial charge < -0.3 is 10.6 Å². The van der Waals surface area contributed by atoms with Crippen molar-refractivity contribution in [3.8, 4) is 0 Å². The number of rotatable bonds is 4. The van der Waals surface area contributed by atoms with Gasteiger partial charge in [-0.25, -0.2) is 0 Å². The molecule has 0 aliphatic carbocycles. The maximum Gasteiger partial charge on any atom is 0.252 e. The summed E-state index contributed by atoms with van der Waals surface area (Å²) >= 11 is 0. The second-order valence-corrected chi connectivity index (χ2v) is 5.37. The molecule has 0 spiro atoms. The summed E-state index contributed by atoms with van der Waals surface area (Å²) in [6.07, 6.45) is 0. The average molecular weight is 296 g/mol. The summed E-state index contributed by atoms with van der Waals surface area (Å²) in [5, 5.41) is 5.50. The molecule has 0 radical (unpaired) electrons. The Bertz CT molecular complexity index is 678. The highest BCUT2D eigenvalue weighted by atomic mass is 16.2. The van der Waals surface area contributed by atoms with E-state index in [-0.39, 0.29) is 11.8 Å². The van der Waals surface area contributed by atoms with Gasteiger partial charge in [0.1, 0.15) is 6.04 Å². The van der Waals surface area contributed by atoms with E-state index < -0.39 is 6.04 Å². The van der Waals surface area contributed by atoms with E-state index in [1.807, 2.05) is 50.2 Å². The maximum absolute atomic E-state index is 12.2. The van der Waals surface area contributed by atoms with Crippen LogP contribution in [-0.4, -0.2) is 17.9 Å². The number of hydrogen-bond acceptors (Lipinski definition) is 2. The second kappa shape index (κ2) is 6.89. The number of benzene rings is 2. The quantitative estimate of drug-likeness (QED) is 0.911. The van der Waals surface area contributed by atoms with Crippen molar-refractivity contribution in [3.05, 3.63) is 65.2 Å². The molecule has 0 unspecified atom stereocenters. The minimum absolute atomic E-state index is 0.245. The SMILES string of the molecule is Cc1ccc(NC(=O)[C@@H](C)NC(=O)c2ccccc2C)cc1. The molecule has 2 rings (SSSR count). The zero-order valence-corrected chi connectivity index (χ0v) is 13.0. The molecule has 0 heterocycles. The first kappa shape index (κ1) is 15.8. The van der Waals surface area contributed by atoms with Crippen LogP contribution < -0.4 is 10.6 Å². The van der Waals surface area contributed by atoms with E-state index in [2.05, 4.69) is 10.6 Å². The Morgan fingerprint density at radius 3 is 2.23 bits per heavy atom. The molecule has 0 saturated carbocycles. The molecule has 0 aliphatic heterocycles. The number of amides is 2. The zero-order chi connectivity index (χ0) is 16.1. The van der Waals surface area contributed by atoms with Gasteiger partial charge in [0.2, 0.25) is 5.91 Å². The van der Waals surface area contributed by atoms with Crippen LogP contribution in [0.25, 0.3) is 0 Å². The van der Waals surface area contributed by atoms with E-state index in [1.54, 1.807) is 19.1 Å². The van der Waals surface area contributed by atoms with Gasteiger partial charge in [-0.3, -0.25) is 9.59 Å². The number of nitrogens with one attached hydrogen (secondary N) is 2. The van der Waals surface area contributed by atoms with Crippen LogP contribution >= 0.6 is 0 Å². The first-order valence-corrected chi connectivity index (χ1v) is 7.21. The molecule has 114 valence electrons. The normalized spacial score (nSPS) is 11.6. The van der Waals surface area contributed by atoms with Crippen molar-refractivity contribution in [2.24, 2.45) is 0 Å². The van der Waals surface area contributed by atoms with Gasteiger partial charge in [0.25, 0.3) is 5.91 Å². The van der Waals surface area contributed by atoms with E-state index in [0.717, 1.165) is 11.1 Å². The van der Waals surface area contributed by atoms with Crippen molar-refractivity contribution in [1.82, 2.24) is 5.32 Å². The minimum Gasteiger partial charge on any atom is -0.341 e. The zero-order valence-electron chi connectivity index (χ0n) is 13.0. The third-order valence-corrected chi connectivity index (χ3v) is 3.45. The van der Waals surface area contributed by atoms with Crippen molar-refractivity contribution in [1.29, 1.82) is 0 Å². The molecule has 4 nitrogen and oxygen atoms in total. The molecule has 2 aromatic rings. The summed E-state index contributed by atoms with van der Waals surface area (Å²) in [6.45, 7) is 5.52. The topological polar surface area (TPSA) is 58.2 Å². The molecular formula is C18H20N2O2. The van der Waals surface area contributed by atoms with Gasteiger partial charge in [0, 0.05) is 11.3 Å². The molecular weight excluding hydrogens is 276 g/mol. The number of carbonyl (C=O) groups is 2. The Morgan fingerprint density at radius 2 is 1.59 bits per heavy atom. The van der Waals surface area contributed by atoms with Crippen molar-refractivity contribution in [2.45, 2.75) is 26.8 Å². The molecule has 2 N–H and O–H groups in total. The molecule has 2 amide bonds. The fraction of sp³-hybridized carbons (Fsp3) is 0.222. The van der Waals surface area contributed by atoms with Crippen LogP contribution in [0.1, 0.15) is 28.4 Å². The van der Waals surface area contributed by atoms with Gasteiger partial charge in [0.15, 0.2) is 0 Å². The third-order valence-electron chi connectivity index (χ3n) is 3.45. The molecule has 0 aliphatic rings. The Hall–Kier alpha value is -2.62. The van der Waals surface area contributed by atoms with Crippen LogP contribution in [0.2, 0.25) is 0 Å². The minimum atomic E-state index is -0.617. The average Bonchev–Trinajstić information content (AvgIpc) is 2.49. The Balaban J connectivity index is 1.98. The van der Waals surface area contributed by atoms with Gasteiger partial charge in [-0.05, 0) is 44.5 Å². The van der Waals surface area contributed by atoms with Crippen LogP contribution in [0, 0.1) is 13.8 Å². The summed E-state index contributed by atoms with van der Waals surface area (Å²) in [4.78, 5) is 24.3. The molecule has 0 fully saturated rings. The van der Waals surface area contributed by atoms with Gasteiger partial charge in [-0.2, -0.15) is 0 Å². The van der Waals surface area contributed by atoms with E-state index in [0.29, 0.717) is 11.3 Å². The Morgan fingerprint density at radius 1 is 0.955 bits per heavy atom. The van der Waals surface area contributed by atoms with Crippen LogP contribution in [0.5, 0.6) is 0 Å². The lowest BCUT2D eigenvalue weighted by Crippen LogP contribution is -2.41. The van der Waals surface area contributed by atoms with Crippen LogP contribution in [0.4, 0.5) is 5.69 Å². The summed E-state index contributed by atoms with van der Waals surface area (Å²) in [6, 6.07) is 14.2. The monoisotopic (exact) mass is 296 g/mol. The number of carbonyl (C=O) groups excluding carboxylic acids is 2. The van der Waals surface area contributed by atoms with Crippen molar-refractivity contribution in [3.63, 3.8) is 0 Å². The fourth-order valence-corrected chi connectivity index (χ4v) is 2.06.